The Morgan fingerprint density at radius 2 is 1.95 bits per heavy atom. The van der Waals surface area contributed by atoms with Crippen LogP contribution < -0.4 is 10.1 Å². The first kappa shape index (κ1) is 14.5. The van der Waals surface area contributed by atoms with Gasteiger partial charge in [0, 0.05) is 6.04 Å². The molecule has 1 atom stereocenters. The van der Waals surface area contributed by atoms with Crippen molar-refractivity contribution in [3.8, 4) is 11.5 Å². The Kier molecular flexibility index (Phi) is 4.40. The summed E-state index contributed by atoms with van der Waals surface area (Å²) in [5, 5.41) is 13.7. The highest BCUT2D eigenvalue weighted by molar-refractivity contribution is 6.33. The quantitative estimate of drug-likeness (QED) is 0.869. The highest BCUT2D eigenvalue weighted by Crippen LogP contribution is 2.31. The second-order valence-electron chi connectivity index (χ2n) is 4.78. The SMILES string of the molecule is COc1cc(C(C)Nc2cc(C)ccc2Cl)ccc1O. The van der Waals surface area contributed by atoms with Gasteiger partial charge < -0.3 is 15.2 Å². The Balaban J connectivity index is 2.23. The molecule has 0 aliphatic heterocycles. The van der Waals surface area contributed by atoms with Crippen LogP contribution in [0.25, 0.3) is 0 Å². The van der Waals surface area contributed by atoms with Gasteiger partial charge in [-0.1, -0.05) is 23.7 Å². The number of hydrogen-bond donors (Lipinski definition) is 2. The van der Waals surface area contributed by atoms with Gasteiger partial charge in [0.15, 0.2) is 11.5 Å². The molecular weight excluding hydrogens is 274 g/mol. The van der Waals surface area contributed by atoms with Gasteiger partial charge in [-0.15, -0.1) is 0 Å². The molecule has 0 aromatic heterocycles. The Morgan fingerprint density at radius 1 is 1.20 bits per heavy atom. The first-order valence-electron chi connectivity index (χ1n) is 6.41. The molecule has 2 aromatic rings. The van der Waals surface area contributed by atoms with E-state index in [2.05, 4.69) is 5.32 Å². The zero-order valence-corrected chi connectivity index (χ0v) is 12.5. The number of halogens is 1. The largest absolute Gasteiger partial charge is 0.504 e. The van der Waals surface area contributed by atoms with E-state index in [1.807, 2.05) is 44.2 Å². The lowest BCUT2D eigenvalue weighted by Crippen LogP contribution is -2.07. The molecule has 0 aliphatic rings. The molecule has 2 rings (SSSR count). The average molecular weight is 292 g/mol. The number of hydrogen-bond acceptors (Lipinski definition) is 3. The molecule has 2 N–H and O–H groups in total. The maximum Gasteiger partial charge on any atom is 0.160 e. The van der Waals surface area contributed by atoms with Crippen LogP contribution in [0.1, 0.15) is 24.1 Å². The van der Waals surface area contributed by atoms with Crippen LogP contribution in [0.2, 0.25) is 5.02 Å². The highest BCUT2D eigenvalue weighted by Gasteiger charge is 2.11. The standard InChI is InChI=1S/C16H18ClNO2/c1-10-4-6-13(17)14(8-10)18-11(2)12-5-7-15(19)16(9-12)20-3/h4-9,11,18-19H,1-3H3. The third-order valence-electron chi connectivity index (χ3n) is 3.20. The predicted molar refractivity (Wildman–Crippen MR) is 82.9 cm³/mol. The molecule has 0 radical (unpaired) electrons. The van der Waals surface area contributed by atoms with E-state index in [-0.39, 0.29) is 11.8 Å². The Labute approximate surface area is 124 Å². The topological polar surface area (TPSA) is 41.5 Å². The number of aromatic hydroxyl groups is 1. The van der Waals surface area contributed by atoms with Gasteiger partial charge in [0.05, 0.1) is 17.8 Å². The molecule has 0 spiro atoms. The minimum Gasteiger partial charge on any atom is -0.504 e. The first-order chi connectivity index (χ1) is 9.51. The minimum atomic E-state index is 0.0452. The Morgan fingerprint density at radius 3 is 2.65 bits per heavy atom. The molecule has 0 fully saturated rings. The molecule has 1 unspecified atom stereocenters. The molecule has 4 heteroatoms. The summed E-state index contributed by atoms with van der Waals surface area (Å²) in [4.78, 5) is 0. The summed E-state index contributed by atoms with van der Waals surface area (Å²) in [7, 11) is 1.54. The van der Waals surface area contributed by atoms with Crippen molar-refractivity contribution < 1.29 is 9.84 Å². The van der Waals surface area contributed by atoms with Crippen molar-refractivity contribution in [2.75, 3.05) is 12.4 Å². The average Bonchev–Trinajstić information content (AvgIpc) is 2.43. The third kappa shape index (κ3) is 3.17. The fourth-order valence-electron chi connectivity index (χ4n) is 2.03. The molecule has 0 saturated carbocycles. The van der Waals surface area contributed by atoms with Gasteiger partial charge in [-0.25, -0.2) is 0 Å². The summed E-state index contributed by atoms with van der Waals surface area (Å²) < 4.78 is 5.13. The number of benzene rings is 2. The summed E-state index contributed by atoms with van der Waals surface area (Å²) in [5.74, 6) is 0.600. The summed E-state index contributed by atoms with van der Waals surface area (Å²) >= 11 is 6.18. The predicted octanol–water partition coefficient (Wildman–Crippen LogP) is 4.54. The van der Waals surface area contributed by atoms with Crippen LogP contribution in [0.3, 0.4) is 0 Å². The van der Waals surface area contributed by atoms with Gasteiger partial charge in [0.1, 0.15) is 0 Å². The summed E-state index contributed by atoms with van der Waals surface area (Å²) in [6, 6.07) is 11.2. The van der Waals surface area contributed by atoms with Crippen LogP contribution >= 0.6 is 11.6 Å². The van der Waals surface area contributed by atoms with E-state index in [0.717, 1.165) is 16.8 Å². The van der Waals surface area contributed by atoms with Crippen LogP contribution in [-0.2, 0) is 0 Å². The molecular formula is C16H18ClNO2. The number of phenols is 1. The van der Waals surface area contributed by atoms with Gasteiger partial charge in [0.25, 0.3) is 0 Å². The van der Waals surface area contributed by atoms with E-state index >= 15 is 0 Å². The number of aryl methyl sites for hydroxylation is 1. The maximum absolute atomic E-state index is 9.62. The zero-order chi connectivity index (χ0) is 14.7. The Bertz CT molecular complexity index is 613. The number of methoxy groups -OCH3 is 1. The fourth-order valence-corrected chi connectivity index (χ4v) is 2.20. The monoisotopic (exact) mass is 291 g/mol. The lowest BCUT2D eigenvalue weighted by molar-refractivity contribution is 0.373. The van der Waals surface area contributed by atoms with E-state index in [0.29, 0.717) is 10.8 Å². The van der Waals surface area contributed by atoms with Crippen LogP contribution in [0.4, 0.5) is 5.69 Å². The van der Waals surface area contributed by atoms with Gasteiger partial charge >= 0.3 is 0 Å². The van der Waals surface area contributed by atoms with Crippen molar-refractivity contribution in [1.29, 1.82) is 0 Å². The van der Waals surface area contributed by atoms with Crippen LogP contribution in [-0.4, -0.2) is 12.2 Å². The summed E-state index contributed by atoms with van der Waals surface area (Å²) in [5.41, 5.74) is 3.05. The Hall–Kier alpha value is -1.87. The highest BCUT2D eigenvalue weighted by atomic mass is 35.5. The van der Waals surface area contributed by atoms with E-state index in [1.54, 1.807) is 6.07 Å². The molecule has 0 saturated heterocycles. The second kappa shape index (κ2) is 6.06. The first-order valence-corrected chi connectivity index (χ1v) is 6.78. The van der Waals surface area contributed by atoms with E-state index in [4.69, 9.17) is 16.3 Å². The van der Waals surface area contributed by atoms with E-state index in [1.165, 1.54) is 7.11 Å². The van der Waals surface area contributed by atoms with Gasteiger partial charge in [0.2, 0.25) is 0 Å². The fraction of sp³-hybridized carbons (Fsp3) is 0.250. The van der Waals surface area contributed by atoms with Crippen molar-refractivity contribution in [3.63, 3.8) is 0 Å². The molecule has 3 nitrogen and oxygen atoms in total. The zero-order valence-electron chi connectivity index (χ0n) is 11.8. The van der Waals surface area contributed by atoms with Crippen LogP contribution in [0, 0.1) is 6.92 Å². The number of phenolic OH excluding ortho intramolecular Hbond substituents is 1. The van der Waals surface area contributed by atoms with E-state index in [9.17, 15) is 5.11 Å². The normalized spacial score (nSPS) is 12.0. The van der Waals surface area contributed by atoms with Crippen molar-refractivity contribution in [2.45, 2.75) is 19.9 Å². The molecule has 106 valence electrons. The van der Waals surface area contributed by atoms with Crippen molar-refractivity contribution >= 4 is 17.3 Å². The van der Waals surface area contributed by atoms with Gasteiger partial charge in [-0.05, 0) is 49.2 Å². The van der Waals surface area contributed by atoms with E-state index < -0.39 is 0 Å². The molecule has 0 heterocycles. The van der Waals surface area contributed by atoms with Gasteiger partial charge in [-0.2, -0.15) is 0 Å². The lowest BCUT2D eigenvalue weighted by atomic mass is 10.1. The van der Waals surface area contributed by atoms with Crippen molar-refractivity contribution in [1.82, 2.24) is 0 Å². The number of anilines is 1. The second-order valence-corrected chi connectivity index (χ2v) is 5.19. The molecule has 0 aliphatic carbocycles. The third-order valence-corrected chi connectivity index (χ3v) is 3.53. The summed E-state index contributed by atoms with van der Waals surface area (Å²) in [6.45, 7) is 4.06. The molecule has 0 bridgehead atoms. The van der Waals surface area contributed by atoms with Crippen molar-refractivity contribution in [3.05, 3.63) is 52.5 Å². The smallest absolute Gasteiger partial charge is 0.160 e. The lowest BCUT2D eigenvalue weighted by Gasteiger charge is -2.18. The minimum absolute atomic E-state index is 0.0452. The molecule has 20 heavy (non-hydrogen) atoms. The van der Waals surface area contributed by atoms with Gasteiger partial charge in [-0.3, -0.25) is 0 Å². The maximum atomic E-state index is 9.62. The number of nitrogens with one attached hydrogen (secondary N) is 1. The number of rotatable bonds is 4. The summed E-state index contributed by atoms with van der Waals surface area (Å²) in [6.07, 6.45) is 0. The van der Waals surface area contributed by atoms with Crippen molar-refractivity contribution in [2.24, 2.45) is 0 Å². The number of ether oxygens (including phenoxy) is 1. The molecule has 0 amide bonds. The van der Waals surface area contributed by atoms with Crippen LogP contribution in [0.15, 0.2) is 36.4 Å². The molecule has 2 aromatic carbocycles. The van der Waals surface area contributed by atoms with Crippen LogP contribution in [0.5, 0.6) is 11.5 Å².